The molecule has 0 aliphatic rings. The number of alkyl halides is 1. The summed E-state index contributed by atoms with van der Waals surface area (Å²) in [6.45, 7) is 3.47. The number of rotatable bonds is 4. The Hall–Kier alpha value is -1.74. The standard InChI is InChI=1S/C17H18ClFO2/c1-10-7-12(8-11(2)17(10)19)16(18)14-6-5-13(20-3)9-15(14)21-4/h5-9,16H,1-4H3. The SMILES string of the molecule is COc1ccc(C(Cl)c2cc(C)c(F)c(C)c2)c(OC)c1. The van der Waals surface area contributed by atoms with Crippen molar-refractivity contribution >= 4 is 11.6 Å². The highest BCUT2D eigenvalue weighted by molar-refractivity contribution is 6.22. The molecule has 0 aromatic heterocycles. The van der Waals surface area contributed by atoms with Crippen molar-refractivity contribution in [3.8, 4) is 11.5 Å². The van der Waals surface area contributed by atoms with Gasteiger partial charge in [0.25, 0.3) is 0 Å². The van der Waals surface area contributed by atoms with Gasteiger partial charge in [-0.15, -0.1) is 11.6 Å². The highest BCUT2D eigenvalue weighted by atomic mass is 35.5. The van der Waals surface area contributed by atoms with Crippen molar-refractivity contribution in [2.75, 3.05) is 14.2 Å². The monoisotopic (exact) mass is 308 g/mol. The molecule has 0 N–H and O–H groups in total. The highest BCUT2D eigenvalue weighted by Gasteiger charge is 2.18. The zero-order valence-electron chi connectivity index (χ0n) is 12.5. The second-order valence-electron chi connectivity index (χ2n) is 4.94. The zero-order chi connectivity index (χ0) is 15.6. The number of hydrogen-bond donors (Lipinski definition) is 0. The van der Waals surface area contributed by atoms with Crippen LogP contribution < -0.4 is 9.47 Å². The highest BCUT2D eigenvalue weighted by Crippen LogP contribution is 2.37. The molecule has 1 atom stereocenters. The van der Waals surface area contributed by atoms with Gasteiger partial charge in [0.15, 0.2) is 0 Å². The van der Waals surface area contributed by atoms with Crippen LogP contribution in [0.3, 0.4) is 0 Å². The summed E-state index contributed by atoms with van der Waals surface area (Å²) in [5.74, 6) is 1.16. The molecule has 2 nitrogen and oxygen atoms in total. The van der Waals surface area contributed by atoms with Gasteiger partial charge in [0.2, 0.25) is 0 Å². The Morgan fingerprint density at radius 3 is 2.14 bits per heavy atom. The molecule has 0 bridgehead atoms. The molecular formula is C17H18ClFO2. The lowest BCUT2D eigenvalue weighted by Gasteiger charge is -2.17. The summed E-state index contributed by atoms with van der Waals surface area (Å²) in [7, 11) is 3.18. The average Bonchev–Trinajstić information content (AvgIpc) is 2.50. The van der Waals surface area contributed by atoms with E-state index in [0.717, 1.165) is 11.1 Å². The second-order valence-corrected chi connectivity index (χ2v) is 5.38. The van der Waals surface area contributed by atoms with E-state index >= 15 is 0 Å². The minimum atomic E-state index is -0.413. The first-order chi connectivity index (χ1) is 9.97. The van der Waals surface area contributed by atoms with Crippen molar-refractivity contribution in [1.29, 1.82) is 0 Å². The number of hydrogen-bond acceptors (Lipinski definition) is 2. The maximum atomic E-state index is 13.7. The van der Waals surface area contributed by atoms with Crippen molar-refractivity contribution in [3.05, 3.63) is 58.4 Å². The molecule has 0 fully saturated rings. The van der Waals surface area contributed by atoms with Crippen molar-refractivity contribution < 1.29 is 13.9 Å². The molecule has 0 spiro atoms. The molecule has 112 valence electrons. The molecule has 0 aliphatic heterocycles. The third kappa shape index (κ3) is 3.13. The van der Waals surface area contributed by atoms with Crippen molar-refractivity contribution in [3.63, 3.8) is 0 Å². The molecule has 2 aromatic carbocycles. The molecular weight excluding hydrogens is 291 g/mol. The van der Waals surface area contributed by atoms with Crippen LogP contribution in [0.5, 0.6) is 11.5 Å². The Balaban J connectivity index is 2.47. The molecule has 21 heavy (non-hydrogen) atoms. The molecule has 0 aliphatic carbocycles. The summed E-state index contributed by atoms with van der Waals surface area (Å²) in [6, 6.07) is 9.02. The average molecular weight is 309 g/mol. The van der Waals surface area contributed by atoms with Gasteiger partial charge in [-0.2, -0.15) is 0 Å². The van der Waals surface area contributed by atoms with Crippen LogP contribution in [0.2, 0.25) is 0 Å². The molecule has 1 unspecified atom stereocenters. The number of ether oxygens (including phenoxy) is 2. The van der Waals surface area contributed by atoms with E-state index in [-0.39, 0.29) is 5.82 Å². The third-order valence-electron chi connectivity index (χ3n) is 3.47. The van der Waals surface area contributed by atoms with Crippen LogP contribution in [0, 0.1) is 19.7 Å². The minimum absolute atomic E-state index is 0.190. The van der Waals surface area contributed by atoms with Crippen molar-refractivity contribution in [2.24, 2.45) is 0 Å². The lowest BCUT2D eigenvalue weighted by atomic mass is 9.99. The van der Waals surface area contributed by atoms with Crippen LogP contribution in [0.1, 0.15) is 27.6 Å². The van der Waals surface area contributed by atoms with E-state index in [4.69, 9.17) is 21.1 Å². The Labute approximate surface area is 129 Å². The molecule has 2 rings (SSSR count). The van der Waals surface area contributed by atoms with Crippen LogP contribution in [-0.2, 0) is 0 Å². The molecule has 0 saturated heterocycles. The Bertz CT molecular complexity index is 632. The molecule has 0 heterocycles. The van der Waals surface area contributed by atoms with Crippen LogP contribution in [-0.4, -0.2) is 14.2 Å². The van der Waals surface area contributed by atoms with Gasteiger partial charge < -0.3 is 9.47 Å². The maximum Gasteiger partial charge on any atom is 0.129 e. The summed E-state index contributed by atoms with van der Waals surface area (Å²) in [5, 5.41) is -0.413. The van der Waals surface area contributed by atoms with Crippen LogP contribution in [0.15, 0.2) is 30.3 Å². The molecule has 2 aromatic rings. The normalized spacial score (nSPS) is 12.1. The first kappa shape index (κ1) is 15.6. The number of halogens is 2. The van der Waals surface area contributed by atoms with Gasteiger partial charge in [-0.05, 0) is 42.7 Å². The van der Waals surface area contributed by atoms with Gasteiger partial charge in [0.1, 0.15) is 17.3 Å². The van der Waals surface area contributed by atoms with Gasteiger partial charge >= 0.3 is 0 Å². The van der Waals surface area contributed by atoms with Gasteiger partial charge in [0, 0.05) is 11.6 Å². The topological polar surface area (TPSA) is 18.5 Å². The number of aryl methyl sites for hydroxylation is 2. The molecule has 0 saturated carbocycles. The quantitative estimate of drug-likeness (QED) is 0.756. The predicted octanol–water partition coefficient (Wildman–Crippen LogP) is 4.79. The third-order valence-corrected chi connectivity index (χ3v) is 3.95. The van der Waals surface area contributed by atoms with E-state index in [1.54, 1.807) is 46.3 Å². The fourth-order valence-electron chi connectivity index (χ4n) is 2.33. The fourth-order valence-corrected chi connectivity index (χ4v) is 2.64. The van der Waals surface area contributed by atoms with E-state index in [1.165, 1.54) is 0 Å². The fraction of sp³-hybridized carbons (Fsp3) is 0.294. The number of methoxy groups -OCH3 is 2. The Morgan fingerprint density at radius 2 is 1.62 bits per heavy atom. The first-order valence-electron chi connectivity index (χ1n) is 6.60. The lowest BCUT2D eigenvalue weighted by molar-refractivity contribution is 0.391. The minimum Gasteiger partial charge on any atom is -0.497 e. The summed E-state index contributed by atoms with van der Waals surface area (Å²) in [5.41, 5.74) is 2.84. The first-order valence-corrected chi connectivity index (χ1v) is 7.04. The Kier molecular flexibility index (Phi) is 4.73. The summed E-state index contributed by atoms with van der Waals surface area (Å²) < 4.78 is 24.3. The van der Waals surface area contributed by atoms with Crippen LogP contribution in [0.4, 0.5) is 4.39 Å². The van der Waals surface area contributed by atoms with E-state index in [2.05, 4.69) is 0 Å². The van der Waals surface area contributed by atoms with Gasteiger partial charge in [0.05, 0.1) is 19.6 Å². The number of benzene rings is 2. The smallest absolute Gasteiger partial charge is 0.129 e. The van der Waals surface area contributed by atoms with Crippen LogP contribution in [0.25, 0.3) is 0 Å². The zero-order valence-corrected chi connectivity index (χ0v) is 13.3. The molecule has 4 heteroatoms. The lowest BCUT2D eigenvalue weighted by Crippen LogP contribution is -2.00. The predicted molar refractivity (Wildman–Crippen MR) is 83.1 cm³/mol. The molecule has 0 radical (unpaired) electrons. The van der Waals surface area contributed by atoms with Gasteiger partial charge in [-0.25, -0.2) is 4.39 Å². The van der Waals surface area contributed by atoms with E-state index in [1.807, 2.05) is 12.1 Å². The second kappa shape index (κ2) is 6.35. The van der Waals surface area contributed by atoms with E-state index in [9.17, 15) is 4.39 Å². The van der Waals surface area contributed by atoms with Crippen molar-refractivity contribution in [1.82, 2.24) is 0 Å². The van der Waals surface area contributed by atoms with Gasteiger partial charge in [-0.3, -0.25) is 0 Å². The summed E-state index contributed by atoms with van der Waals surface area (Å²) >= 11 is 6.56. The van der Waals surface area contributed by atoms with E-state index < -0.39 is 5.38 Å². The van der Waals surface area contributed by atoms with Crippen LogP contribution >= 0.6 is 11.6 Å². The maximum absolute atomic E-state index is 13.7. The largest absolute Gasteiger partial charge is 0.497 e. The van der Waals surface area contributed by atoms with Gasteiger partial charge in [-0.1, -0.05) is 12.1 Å². The summed E-state index contributed by atoms with van der Waals surface area (Å²) in [6.07, 6.45) is 0. The summed E-state index contributed by atoms with van der Waals surface area (Å²) in [4.78, 5) is 0. The van der Waals surface area contributed by atoms with E-state index in [0.29, 0.717) is 22.6 Å². The Morgan fingerprint density at radius 1 is 1.00 bits per heavy atom. The molecule has 0 amide bonds. The van der Waals surface area contributed by atoms with Crippen molar-refractivity contribution in [2.45, 2.75) is 19.2 Å².